The van der Waals surface area contributed by atoms with Gasteiger partial charge in [-0.25, -0.2) is 0 Å². The molecule has 0 aliphatic carbocycles. The zero-order valence-electron chi connectivity index (χ0n) is 13.1. The molecule has 1 aliphatic rings. The lowest BCUT2D eigenvalue weighted by atomic mass is 10.0. The van der Waals surface area contributed by atoms with E-state index in [-0.39, 0.29) is 5.75 Å². The number of pyridine rings is 1. The van der Waals surface area contributed by atoms with Gasteiger partial charge in [-0.15, -0.1) is 13.2 Å². The smallest absolute Gasteiger partial charge is 0.406 e. The standard InChI is InChI=1S/C18H13F3N2OS/c1-2-25-15-8-6-12(24-18(19,20)21)10-14(15)13-7-5-11-4-3-9-22-16(11)17(13)23-25/h2-10,23H,1H3. The van der Waals surface area contributed by atoms with Gasteiger partial charge in [0.2, 0.25) is 0 Å². The summed E-state index contributed by atoms with van der Waals surface area (Å²) in [4.78, 5) is 5.37. The zero-order chi connectivity index (χ0) is 17.6. The fourth-order valence-electron chi connectivity index (χ4n) is 2.93. The van der Waals surface area contributed by atoms with Gasteiger partial charge in [0.25, 0.3) is 0 Å². The zero-order valence-corrected chi connectivity index (χ0v) is 13.9. The molecule has 1 aromatic heterocycles. The van der Waals surface area contributed by atoms with Crippen molar-refractivity contribution in [2.75, 3.05) is 4.72 Å². The van der Waals surface area contributed by atoms with Crippen molar-refractivity contribution in [1.29, 1.82) is 0 Å². The number of nitrogens with one attached hydrogen (secondary N) is 1. The molecule has 1 aliphatic heterocycles. The molecule has 128 valence electrons. The lowest BCUT2D eigenvalue weighted by molar-refractivity contribution is -0.274. The van der Waals surface area contributed by atoms with Crippen LogP contribution in [0.1, 0.15) is 6.92 Å². The fourth-order valence-corrected chi connectivity index (χ4v) is 4.46. The van der Waals surface area contributed by atoms with Crippen LogP contribution in [0.5, 0.6) is 5.75 Å². The Labute approximate surface area is 144 Å². The molecular weight excluding hydrogens is 349 g/mol. The summed E-state index contributed by atoms with van der Waals surface area (Å²) in [5.74, 6) is -0.222. The minimum Gasteiger partial charge on any atom is -0.406 e. The summed E-state index contributed by atoms with van der Waals surface area (Å²) in [5.41, 5.74) is 3.17. The molecule has 4 rings (SSSR count). The number of nitrogens with zero attached hydrogens (tertiary/aromatic N) is 1. The summed E-state index contributed by atoms with van der Waals surface area (Å²) in [6.45, 7) is 1.92. The summed E-state index contributed by atoms with van der Waals surface area (Å²) in [6, 6.07) is 12.1. The van der Waals surface area contributed by atoms with Gasteiger partial charge in [-0.1, -0.05) is 28.9 Å². The van der Waals surface area contributed by atoms with E-state index in [4.69, 9.17) is 0 Å². The van der Waals surface area contributed by atoms with Gasteiger partial charge in [0.1, 0.15) is 5.75 Å². The summed E-state index contributed by atoms with van der Waals surface area (Å²) in [7, 11) is -0.427. The average molecular weight is 362 g/mol. The predicted octanol–water partition coefficient (Wildman–Crippen LogP) is 5.59. The lowest BCUT2D eigenvalue weighted by Crippen LogP contribution is -2.17. The quantitative estimate of drug-likeness (QED) is 0.573. The first-order valence-corrected chi connectivity index (χ1v) is 8.82. The molecule has 1 atom stereocenters. The summed E-state index contributed by atoms with van der Waals surface area (Å²) < 4.78 is 45.3. The third kappa shape index (κ3) is 2.84. The molecule has 0 fully saturated rings. The van der Waals surface area contributed by atoms with Crippen LogP contribution in [0.2, 0.25) is 0 Å². The highest BCUT2D eigenvalue weighted by Crippen LogP contribution is 2.48. The first-order valence-electron chi connectivity index (χ1n) is 7.53. The number of fused-ring (bicyclic) bond motifs is 5. The van der Waals surface area contributed by atoms with Crippen LogP contribution in [0.3, 0.4) is 0 Å². The molecule has 0 saturated heterocycles. The van der Waals surface area contributed by atoms with Crippen molar-refractivity contribution in [2.45, 2.75) is 18.2 Å². The van der Waals surface area contributed by atoms with Crippen LogP contribution in [0, 0.1) is 0 Å². The van der Waals surface area contributed by atoms with Crippen molar-refractivity contribution in [3.63, 3.8) is 0 Å². The normalized spacial score (nSPS) is 16.2. The predicted molar refractivity (Wildman–Crippen MR) is 95.1 cm³/mol. The topological polar surface area (TPSA) is 34.2 Å². The van der Waals surface area contributed by atoms with Gasteiger partial charge in [0.05, 0.1) is 11.2 Å². The Morgan fingerprint density at radius 1 is 1.12 bits per heavy atom. The van der Waals surface area contributed by atoms with Gasteiger partial charge in [-0.3, -0.25) is 4.98 Å². The lowest BCUT2D eigenvalue weighted by Gasteiger charge is -2.26. The van der Waals surface area contributed by atoms with Crippen molar-refractivity contribution in [2.24, 2.45) is 0 Å². The summed E-state index contributed by atoms with van der Waals surface area (Å²) in [5, 5.41) is 2.97. The molecule has 2 heterocycles. The van der Waals surface area contributed by atoms with Crippen LogP contribution < -0.4 is 9.46 Å². The second kappa shape index (κ2) is 5.77. The number of hydrogen-bond donors (Lipinski definition) is 1. The maximum absolute atomic E-state index is 12.6. The minimum absolute atomic E-state index is 0.222. The molecule has 0 bridgehead atoms. The van der Waals surface area contributed by atoms with Gasteiger partial charge < -0.3 is 9.46 Å². The van der Waals surface area contributed by atoms with Gasteiger partial charge >= 0.3 is 6.36 Å². The maximum atomic E-state index is 12.6. The van der Waals surface area contributed by atoms with Gasteiger partial charge in [-0.05, 0) is 36.6 Å². The van der Waals surface area contributed by atoms with Crippen LogP contribution in [0.25, 0.3) is 22.0 Å². The molecule has 25 heavy (non-hydrogen) atoms. The van der Waals surface area contributed by atoms with Gasteiger partial charge in [0.15, 0.2) is 0 Å². The number of rotatable bonds is 1. The average Bonchev–Trinajstić information content (AvgIpc) is 2.59. The van der Waals surface area contributed by atoms with E-state index < -0.39 is 17.0 Å². The van der Waals surface area contributed by atoms with E-state index in [2.05, 4.69) is 14.4 Å². The number of benzene rings is 2. The Bertz CT molecular complexity index is 1010. The molecule has 1 unspecified atom stereocenters. The van der Waals surface area contributed by atoms with Crippen molar-refractivity contribution in [1.82, 2.24) is 4.98 Å². The molecule has 0 saturated carbocycles. The number of alkyl halides is 3. The molecule has 0 spiro atoms. The Morgan fingerprint density at radius 3 is 2.72 bits per heavy atom. The first kappa shape index (κ1) is 16.0. The van der Waals surface area contributed by atoms with Crippen LogP contribution in [0.4, 0.5) is 18.9 Å². The third-order valence-electron chi connectivity index (χ3n) is 3.93. The maximum Gasteiger partial charge on any atom is 0.573 e. The van der Waals surface area contributed by atoms with Crippen molar-refractivity contribution in [3.8, 4) is 16.9 Å². The van der Waals surface area contributed by atoms with Crippen molar-refractivity contribution in [3.05, 3.63) is 48.7 Å². The number of ether oxygens (including phenoxy) is 1. The van der Waals surface area contributed by atoms with E-state index >= 15 is 0 Å². The molecule has 7 heteroatoms. The van der Waals surface area contributed by atoms with Crippen molar-refractivity contribution < 1.29 is 17.9 Å². The number of halogens is 3. The molecule has 0 amide bonds. The monoisotopic (exact) mass is 362 g/mol. The fraction of sp³-hybridized carbons (Fsp3) is 0.111. The number of hydrogen-bond acceptors (Lipinski definition) is 3. The highest BCUT2D eigenvalue weighted by atomic mass is 32.2. The Hall–Kier alpha value is -2.54. The van der Waals surface area contributed by atoms with Crippen LogP contribution in [-0.4, -0.2) is 16.7 Å². The first-order chi connectivity index (χ1) is 12.0. The van der Waals surface area contributed by atoms with Crippen LogP contribution in [0.15, 0.2) is 53.6 Å². The number of anilines is 1. The Balaban J connectivity index is 1.96. The largest absolute Gasteiger partial charge is 0.573 e. The second-order valence-electron chi connectivity index (χ2n) is 5.44. The molecule has 3 aromatic rings. The van der Waals surface area contributed by atoms with Crippen molar-refractivity contribution >= 4 is 32.6 Å². The summed E-state index contributed by atoms with van der Waals surface area (Å²) in [6.07, 6.45) is -3.01. The van der Waals surface area contributed by atoms with E-state index in [0.717, 1.165) is 32.6 Å². The Kier molecular flexibility index (Phi) is 3.68. The highest BCUT2D eigenvalue weighted by molar-refractivity contribution is 8.16. The molecule has 3 nitrogen and oxygen atoms in total. The highest BCUT2D eigenvalue weighted by Gasteiger charge is 2.32. The Morgan fingerprint density at radius 2 is 1.96 bits per heavy atom. The molecular formula is C18H13F3N2OS. The van der Waals surface area contributed by atoms with E-state index in [0.29, 0.717) is 0 Å². The number of aromatic nitrogens is 1. The minimum atomic E-state index is -4.71. The van der Waals surface area contributed by atoms with Gasteiger partial charge in [0, 0.05) is 27.6 Å². The second-order valence-corrected chi connectivity index (χ2v) is 7.24. The molecule has 2 aromatic carbocycles. The van der Waals surface area contributed by atoms with Crippen LogP contribution >= 0.6 is 10.7 Å². The van der Waals surface area contributed by atoms with Gasteiger partial charge in [-0.2, -0.15) is 0 Å². The summed E-state index contributed by atoms with van der Waals surface area (Å²) >= 11 is 0. The molecule has 0 radical (unpaired) electrons. The van der Waals surface area contributed by atoms with E-state index in [1.54, 1.807) is 12.3 Å². The van der Waals surface area contributed by atoms with Crippen LogP contribution in [-0.2, 0) is 0 Å². The SMILES string of the molecule is C/C=S1/Nc2c(ccc3cccnc23)-c2cc(OC(F)(F)F)ccc21. The van der Waals surface area contributed by atoms with E-state index in [1.165, 1.54) is 12.1 Å². The van der Waals surface area contributed by atoms with E-state index in [1.807, 2.05) is 36.6 Å². The van der Waals surface area contributed by atoms with E-state index in [9.17, 15) is 13.2 Å². The molecule has 1 N–H and O–H groups in total. The third-order valence-corrected chi connectivity index (χ3v) is 5.66.